The van der Waals surface area contributed by atoms with Crippen molar-refractivity contribution in [3.63, 3.8) is 0 Å². The van der Waals surface area contributed by atoms with Gasteiger partial charge in [-0.3, -0.25) is 4.79 Å². The largest absolute Gasteiger partial charge is 0.334 e. The number of rotatable bonds is 5. The summed E-state index contributed by atoms with van der Waals surface area (Å²) in [6, 6.07) is 10.2. The number of nitrogens with one attached hydrogen (secondary N) is 1. The average molecular weight is 298 g/mol. The molecule has 0 radical (unpaired) electrons. The van der Waals surface area contributed by atoms with Crippen molar-refractivity contribution in [3.8, 4) is 5.69 Å². The topological polar surface area (TPSA) is 50.2 Å². The van der Waals surface area contributed by atoms with E-state index in [4.69, 9.17) is 0 Å². The molecule has 1 unspecified atom stereocenters. The van der Waals surface area contributed by atoms with Gasteiger partial charge in [-0.1, -0.05) is 25.1 Å². The molecule has 2 aromatic rings. The van der Waals surface area contributed by atoms with E-state index in [2.05, 4.69) is 17.3 Å². The van der Waals surface area contributed by atoms with Crippen molar-refractivity contribution in [1.29, 1.82) is 0 Å². The SMILES string of the molecule is CCCN(C(=O)c1cnn(-c2ccccc2)c1)C1CCNC1. The summed E-state index contributed by atoms with van der Waals surface area (Å²) < 4.78 is 1.75. The summed E-state index contributed by atoms with van der Waals surface area (Å²) in [5.74, 6) is 0.0812. The molecule has 3 rings (SSSR count). The van der Waals surface area contributed by atoms with Crippen LogP contribution in [0.1, 0.15) is 30.1 Å². The smallest absolute Gasteiger partial charge is 0.257 e. The molecule has 5 nitrogen and oxygen atoms in total. The maximum absolute atomic E-state index is 12.8. The molecule has 0 saturated carbocycles. The highest BCUT2D eigenvalue weighted by Gasteiger charge is 2.27. The first-order valence-corrected chi connectivity index (χ1v) is 7.91. The fourth-order valence-corrected chi connectivity index (χ4v) is 2.92. The van der Waals surface area contributed by atoms with Crippen LogP contribution >= 0.6 is 0 Å². The summed E-state index contributed by atoms with van der Waals surface area (Å²) in [5, 5.41) is 7.66. The zero-order valence-electron chi connectivity index (χ0n) is 12.9. The Morgan fingerprint density at radius 3 is 2.91 bits per heavy atom. The molecular weight excluding hydrogens is 276 g/mol. The van der Waals surface area contributed by atoms with Crippen LogP contribution in [0.3, 0.4) is 0 Å². The van der Waals surface area contributed by atoms with Gasteiger partial charge in [-0.15, -0.1) is 0 Å². The van der Waals surface area contributed by atoms with Crippen LogP contribution in [0.5, 0.6) is 0 Å². The second kappa shape index (κ2) is 6.75. The van der Waals surface area contributed by atoms with E-state index in [9.17, 15) is 4.79 Å². The quantitative estimate of drug-likeness (QED) is 0.919. The fourth-order valence-electron chi connectivity index (χ4n) is 2.92. The van der Waals surface area contributed by atoms with E-state index in [-0.39, 0.29) is 5.91 Å². The van der Waals surface area contributed by atoms with Crippen LogP contribution in [-0.4, -0.2) is 46.3 Å². The van der Waals surface area contributed by atoms with Crippen molar-refractivity contribution in [2.75, 3.05) is 19.6 Å². The van der Waals surface area contributed by atoms with Gasteiger partial charge in [-0.2, -0.15) is 5.10 Å². The number of amides is 1. The number of hydrogen-bond acceptors (Lipinski definition) is 3. The van der Waals surface area contributed by atoms with Crippen LogP contribution in [0.4, 0.5) is 0 Å². The summed E-state index contributed by atoms with van der Waals surface area (Å²) in [6.45, 7) is 4.78. The van der Waals surface area contributed by atoms with Gasteiger partial charge in [0.15, 0.2) is 0 Å². The lowest BCUT2D eigenvalue weighted by atomic mass is 10.1. The third-order valence-corrected chi connectivity index (χ3v) is 4.05. The highest BCUT2D eigenvalue weighted by Crippen LogP contribution is 2.15. The molecule has 1 aromatic carbocycles. The first kappa shape index (κ1) is 14.8. The van der Waals surface area contributed by atoms with E-state index >= 15 is 0 Å². The van der Waals surface area contributed by atoms with E-state index in [1.165, 1.54) is 0 Å². The normalized spacial score (nSPS) is 17.6. The lowest BCUT2D eigenvalue weighted by Crippen LogP contribution is -2.42. The molecule has 22 heavy (non-hydrogen) atoms. The third kappa shape index (κ3) is 3.04. The van der Waals surface area contributed by atoms with Crippen LogP contribution in [0.25, 0.3) is 5.69 Å². The highest BCUT2D eigenvalue weighted by atomic mass is 16.2. The molecule has 1 N–H and O–H groups in total. The molecule has 1 fully saturated rings. The molecule has 0 aliphatic carbocycles. The van der Waals surface area contributed by atoms with Gasteiger partial charge >= 0.3 is 0 Å². The predicted octanol–water partition coefficient (Wildman–Crippen LogP) is 2.09. The molecule has 1 aliphatic rings. The Morgan fingerprint density at radius 2 is 2.23 bits per heavy atom. The Balaban J connectivity index is 1.80. The first-order valence-electron chi connectivity index (χ1n) is 7.91. The van der Waals surface area contributed by atoms with Crippen LogP contribution in [0.15, 0.2) is 42.7 Å². The van der Waals surface area contributed by atoms with Gasteiger partial charge in [0.05, 0.1) is 17.4 Å². The van der Waals surface area contributed by atoms with E-state index < -0.39 is 0 Å². The molecule has 1 amide bonds. The maximum atomic E-state index is 12.8. The third-order valence-electron chi connectivity index (χ3n) is 4.05. The zero-order valence-corrected chi connectivity index (χ0v) is 12.9. The second-order valence-electron chi connectivity index (χ2n) is 5.65. The van der Waals surface area contributed by atoms with Gasteiger partial charge < -0.3 is 10.2 Å². The first-order chi connectivity index (χ1) is 10.8. The number of para-hydroxylation sites is 1. The Bertz CT molecular complexity index is 617. The summed E-state index contributed by atoms with van der Waals surface area (Å²) >= 11 is 0. The summed E-state index contributed by atoms with van der Waals surface area (Å²) in [6.07, 6.45) is 5.48. The zero-order chi connectivity index (χ0) is 15.4. The number of aromatic nitrogens is 2. The van der Waals surface area contributed by atoms with E-state index in [1.54, 1.807) is 10.9 Å². The van der Waals surface area contributed by atoms with Crippen LogP contribution < -0.4 is 5.32 Å². The van der Waals surface area contributed by atoms with Crippen molar-refractivity contribution in [3.05, 3.63) is 48.3 Å². The van der Waals surface area contributed by atoms with Crippen molar-refractivity contribution in [1.82, 2.24) is 20.0 Å². The van der Waals surface area contributed by atoms with Gasteiger partial charge in [0, 0.05) is 25.3 Å². The molecule has 0 bridgehead atoms. The van der Waals surface area contributed by atoms with Gasteiger partial charge in [0.2, 0.25) is 0 Å². The average Bonchev–Trinajstić information content (AvgIpc) is 3.24. The molecule has 5 heteroatoms. The Hall–Kier alpha value is -2.14. The molecule has 1 saturated heterocycles. The molecular formula is C17H22N4O. The van der Waals surface area contributed by atoms with Gasteiger partial charge in [0.1, 0.15) is 0 Å². The molecule has 1 aliphatic heterocycles. The number of hydrogen-bond donors (Lipinski definition) is 1. The minimum atomic E-state index is 0.0812. The monoisotopic (exact) mass is 298 g/mol. The molecule has 116 valence electrons. The minimum absolute atomic E-state index is 0.0812. The molecule has 0 spiro atoms. The lowest BCUT2D eigenvalue weighted by molar-refractivity contribution is 0.0692. The fraction of sp³-hybridized carbons (Fsp3) is 0.412. The number of nitrogens with zero attached hydrogens (tertiary/aromatic N) is 3. The predicted molar refractivity (Wildman–Crippen MR) is 86.2 cm³/mol. The lowest BCUT2D eigenvalue weighted by Gasteiger charge is -2.27. The Labute approximate surface area is 130 Å². The maximum Gasteiger partial charge on any atom is 0.257 e. The minimum Gasteiger partial charge on any atom is -0.334 e. The molecule has 2 heterocycles. The van der Waals surface area contributed by atoms with E-state index in [1.807, 2.05) is 41.4 Å². The Morgan fingerprint density at radius 1 is 1.41 bits per heavy atom. The summed E-state index contributed by atoms with van der Waals surface area (Å²) in [5.41, 5.74) is 1.62. The van der Waals surface area contributed by atoms with Gasteiger partial charge in [0.25, 0.3) is 5.91 Å². The number of benzene rings is 1. The van der Waals surface area contributed by atoms with E-state index in [0.29, 0.717) is 11.6 Å². The van der Waals surface area contributed by atoms with Crippen LogP contribution in [0, 0.1) is 0 Å². The van der Waals surface area contributed by atoms with Crippen LogP contribution in [0.2, 0.25) is 0 Å². The molecule has 1 atom stereocenters. The standard InChI is InChI=1S/C17H22N4O/c1-2-10-20(16-8-9-18-12-16)17(22)14-11-19-21(13-14)15-6-4-3-5-7-15/h3-7,11,13,16,18H,2,8-10,12H2,1H3. The summed E-state index contributed by atoms with van der Waals surface area (Å²) in [4.78, 5) is 14.8. The molecule has 1 aromatic heterocycles. The van der Waals surface area contributed by atoms with E-state index in [0.717, 1.165) is 38.2 Å². The second-order valence-corrected chi connectivity index (χ2v) is 5.65. The number of carbonyl (C=O) groups is 1. The highest BCUT2D eigenvalue weighted by molar-refractivity contribution is 5.94. The van der Waals surface area contributed by atoms with Crippen molar-refractivity contribution in [2.24, 2.45) is 0 Å². The van der Waals surface area contributed by atoms with Crippen molar-refractivity contribution >= 4 is 5.91 Å². The van der Waals surface area contributed by atoms with Gasteiger partial charge in [-0.25, -0.2) is 4.68 Å². The van der Waals surface area contributed by atoms with Gasteiger partial charge in [-0.05, 0) is 31.5 Å². The summed E-state index contributed by atoms with van der Waals surface area (Å²) in [7, 11) is 0. The van der Waals surface area contributed by atoms with Crippen molar-refractivity contribution < 1.29 is 4.79 Å². The van der Waals surface area contributed by atoms with Crippen LogP contribution in [-0.2, 0) is 0 Å². The Kier molecular flexibility index (Phi) is 4.53. The number of carbonyl (C=O) groups excluding carboxylic acids is 1. The van der Waals surface area contributed by atoms with Crippen molar-refractivity contribution in [2.45, 2.75) is 25.8 Å².